The normalized spacial score (nSPS) is 11.5. The van der Waals surface area contributed by atoms with Gasteiger partial charge in [-0.1, -0.05) is 43.3 Å². The highest BCUT2D eigenvalue weighted by molar-refractivity contribution is 5.79. The van der Waals surface area contributed by atoms with E-state index in [9.17, 15) is 0 Å². The fourth-order valence-corrected chi connectivity index (χ4v) is 3.39. The van der Waals surface area contributed by atoms with E-state index in [1.165, 1.54) is 16.7 Å². The Kier molecular flexibility index (Phi) is 8.25. The molecule has 0 aliphatic carbocycles. The highest BCUT2D eigenvalue weighted by Gasteiger charge is 2.10. The first-order valence-electron chi connectivity index (χ1n) is 11.0. The predicted octanol–water partition coefficient (Wildman–Crippen LogP) is 3.51. The van der Waals surface area contributed by atoms with E-state index in [0.717, 1.165) is 49.3 Å². The Labute approximate surface area is 191 Å². The Morgan fingerprint density at radius 1 is 1.03 bits per heavy atom. The maximum Gasteiger partial charge on any atom is 0.194 e. The lowest BCUT2D eigenvalue weighted by atomic mass is 10.1. The van der Waals surface area contributed by atoms with Gasteiger partial charge < -0.3 is 19.5 Å². The highest BCUT2D eigenvalue weighted by Crippen LogP contribution is 2.12. The minimum atomic E-state index is 0.474. The highest BCUT2D eigenvalue weighted by atomic mass is 16.5. The van der Waals surface area contributed by atoms with E-state index in [-0.39, 0.29) is 0 Å². The number of methoxy groups -OCH3 is 1. The van der Waals surface area contributed by atoms with Gasteiger partial charge in [0.25, 0.3) is 0 Å². The summed E-state index contributed by atoms with van der Waals surface area (Å²) < 4.78 is 7.22. The summed E-state index contributed by atoms with van der Waals surface area (Å²) in [5.41, 5.74) is 3.85. The molecule has 2 aromatic carbocycles. The Morgan fingerprint density at radius 3 is 2.28 bits per heavy atom. The molecule has 0 fully saturated rings. The second-order valence-electron chi connectivity index (χ2n) is 7.91. The molecule has 3 aromatic rings. The van der Waals surface area contributed by atoms with Crippen LogP contribution in [-0.4, -0.2) is 46.3 Å². The Morgan fingerprint density at radius 2 is 1.69 bits per heavy atom. The Hall–Kier alpha value is -3.35. The number of nitrogens with zero attached hydrogens (tertiary/aromatic N) is 5. The number of aromatic nitrogens is 3. The smallest absolute Gasteiger partial charge is 0.194 e. The minimum Gasteiger partial charge on any atom is -0.497 e. The first kappa shape index (κ1) is 23.3. The van der Waals surface area contributed by atoms with Gasteiger partial charge in [-0.3, -0.25) is 0 Å². The van der Waals surface area contributed by atoms with Crippen LogP contribution in [0.5, 0.6) is 5.75 Å². The lowest BCUT2D eigenvalue weighted by Crippen LogP contribution is -2.39. The zero-order valence-electron chi connectivity index (χ0n) is 19.8. The Balaban J connectivity index is 1.68. The molecule has 0 bridgehead atoms. The lowest BCUT2D eigenvalue weighted by Gasteiger charge is -2.23. The maximum atomic E-state index is 5.25. The molecule has 7 nitrogen and oxygen atoms in total. The number of hydrogen-bond acceptors (Lipinski definition) is 4. The van der Waals surface area contributed by atoms with Crippen LogP contribution >= 0.6 is 0 Å². The molecule has 0 radical (unpaired) electrons. The zero-order valence-corrected chi connectivity index (χ0v) is 19.8. The summed E-state index contributed by atoms with van der Waals surface area (Å²) >= 11 is 0. The van der Waals surface area contributed by atoms with E-state index in [0.29, 0.717) is 6.54 Å². The van der Waals surface area contributed by atoms with Crippen LogP contribution in [0.1, 0.15) is 35.3 Å². The average Bonchev–Trinajstić information content (AvgIpc) is 3.14. The molecule has 0 amide bonds. The molecule has 0 aliphatic rings. The van der Waals surface area contributed by atoms with Crippen molar-refractivity contribution in [1.82, 2.24) is 25.0 Å². The van der Waals surface area contributed by atoms with Gasteiger partial charge in [-0.05, 0) is 48.6 Å². The second-order valence-corrected chi connectivity index (χ2v) is 7.91. The summed E-state index contributed by atoms with van der Waals surface area (Å²) in [6.07, 6.45) is 1.94. The summed E-state index contributed by atoms with van der Waals surface area (Å²) in [7, 11) is 5.72. The first-order chi connectivity index (χ1) is 15.5. The van der Waals surface area contributed by atoms with Gasteiger partial charge in [0.05, 0.1) is 7.11 Å². The van der Waals surface area contributed by atoms with Crippen molar-refractivity contribution in [1.29, 1.82) is 0 Å². The minimum absolute atomic E-state index is 0.474. The van der Waals surface area contributed by atoms with E-state index >= 15 is 0 Å². The van der Waals surface area contributed by atoms with Crippen molar-refractivity contribution in [3.8, 4) is 5.75 Å². The molecule has 1 N–H and O–H groups in total. The van der Waals surface area contributed by atoms with Crippen molar-refractivity contribution < 1.29 is 4.74 Å². The summed E-state index contributed by atoms with van der Waals surface area (Å²) in [6, 6.07) is 16.9. The molecule has 32 heavy (non-hydrogen) atoms. The number of nitrogens with one attached hydrogen (secondary N) is 1. The fraction of sp³-hybridized carbons (Fsp3) is 0.400. The van der Waals surface area contributed by atoms with Crippen LogP contribution in [0.25, 0.3) is 0 Å². The van der Waals surface area contributed by atoms with Crippen LogP contribution < -0.4 is 10.1 Å². The average molecular weight is 435 g/mol. The zero-order chi connectivity index (χ0) is 22.9. The van der Waals surface area contributed by atoms with Crippen LogP contribution in [0, 0.1) is 6.92 Å². The third kappa shape index (κ3) is 6.33. The standard InChI is InChI=1S/C25H34N6O/c1-6-20-7-9-22(10-8-20)18-30(3)25(27-17-24-29-28-19(2)31(24)4)26-16-15-21-11-13-23(32-5)14-12-21/h7-14H,6,15-18H2,1-5H3,(H,26,27). The number of benzene rings is 2. The van der Waals surface area contributed by atoms with Crippen molar-refractivity contribution in [3.63, 3.8) is 0 Å². The largest absolute Gasteiger partial charge is 0.497 e. The summed E-state index contributed by atoms with van der Waals surface area (Å²) in [6.45, 7) is 6.15. The van der Waals surface area contributed by atoms with Gasteiger partial charge in [0, 0.05) is 27.2 Å². The SMILES string of the molecule is CCc1ccc(CN(C)C(=NCc2nnc(C)n2C)NCCc2ccc(OC)cc2)cc1. The number of ether oxygens (including phenoxy) is 1. The van der Waals surface area contributed by atoms with E-state index in [1.807, 2.05) is 30.7 Å². The van der Waals surface area contributed by atoms with Crippen LogP contribution in [0.15, 0.2) is 53.5 Å². The second kappa shape index (κ2) is 11.3. The molecule has 1 heterocycles. The van der Waals surface area contributed by atoms with Crippen molar-refractivity contribution in [3.05, 3.63) is 76.9 Å². The monoisotopic (exact) mass is 434 g/mol. The molecule has 0 spiro atoms. The fourth-order valence-electron chi connectivity index (χ4n) is 3.39. The van der Waals surface area contributed by atoms with Gasteiger partial charge in [0.15, 0.2) is 11.8 Å². The number of aliphatic imine (C=N–C) groups is 1. The summed E-state index contributed by atoms with van der Waals surface area (Å²) in [5, 5.41) is 11.9. The summed E-state index contributed by atoms with van der Waals surface area (Å²) in [5.74, 6) is 3.45. The molecule has 0 saturated heterocycles. The van der Waals surface area contributed by atoms with Gasteiger partial charge in [0.2, 0.25) is 0 Å². The van der Waals surface area contributed by atoms with Gasteiger partial charge in [-0.15, -0.1) is 10.2 Å². The molecule has 7 heteroatoms. The van der Waals surface area contributed by atoms with Gasteiger partial charge in [-0.2, -0.15) is 0 Å². The molecule has 170 valence electrons. The maximum absolute atomic E-state index is 5.25. The topological polar surface area (TPSA) is 67.6 Å². The van der Waals surface area contributed by atoms with Crippen molar-refractivity contribution in [2.75, 3.05) is 20.7 Å². The van der Waals surface area contributed by atoms with Gasteiger partial charge in [0.1, 0.15) is 18.1 Å². The molecule has 0 aliphatic heterocycles. The Bertz CT molecular complexity index is 1010. The van der Waals surface area contributed by atoms with E-state index in [2.05, 4.69) is 70.8 Å². The number of aryl methyl sites for hydroxylation is 2. The molecule has 0 saturated carbocycles. The van der Waals surface area contributed by atoms with Gasteiger partial charge >= 0.3 is 0 Å². The third-order valence-corrected chi connectivity index (χ3v) is 5.62. The molecule has 1 aromatic heterocycles. The van der Waals surface area contributed by atoms with Crippen LogP contribution in [0.4, 0.5) is 0 Å². The predicted molar refractivity (Wildman–Crippen MR) is 129 cm³/mol. The first-order valence-corrected chi connectivity index (χ1v) is 11.0. The van der Waals surface area contributed by atoms with Crippen molar-refractivity contribution in [2.45, 2.75) is 39.8 Å². The van der Waals surface area contributed by atoms with Crippen LogP contribution in [-0.2, 0) is 33.0 Å². The lowest BCUT2D eigenvalue weighted by molar-refractivity contribution is 0.414. The van der Waals surface area contributed by atoms with E-state index in [1.54, 1.807) is 7.11 Å². The van der Waals surface area contributed by atoms with Crippen LogP contribution in [0.2, 0.25) is 0 Å². The molecule has 0 unspecified atom stereocenters. The van der Waals surface area contributed by atoms with E-state index in [4.69, 9.17) is 9.73 Å². The number of hydrogen-bond donors (Lipinski definition) is 1. The summed E-state index contributed by atoms with van der Waals surface area (Å²) in [4.78, 5) is 7.00. The number of guanidine groups is 1. The van der Waals surface area contributed by atoms with Crippen LogP contribution in [0.3, 0.4) is 0 Å². The molecule has 0 atom stereocenters. The van der Waals surface area contributed by atoms with E-state index < -0.39 is 0 Å². The quantitative estimate of drug-likeness (QED) is 0.412. The number of rotatable bonds is 9. The third-order valence-electron chi connectivity index (χ3n) is 5.62. The van der Waals surface area contributed by atoms with Crippen molar-refractivity contribution in [2.24, 2.45) is 12.0 Å². The van der Waals surface area contributed by atoms with Crippen molar-refractivity contribution >= 4 is 5.96 Å². The van der Waals surface area contributed by atoms with Gasteiger partial charge in [-0.25, -0.2) is 4.99 Å². The molecular formula is C25H34N6O. The molecular weight excluding hydrogens is 400 g/mol. The molecule has 3 rings (SSSR count).